The average molecular weight is 1540 g/mol. The summed E-state index contributed by atoms with van der Waals surface area (Å²) in [6, 6.07) is 22.1. The summed E-state index contributed by atoms with van der Waals surface area (Å²) >= 11 is 0. The zero-order valence-corrected chi connectivity index (χ0v) is 53.3. The molecule has 2 heterocycles. The van der Waals surface area contributed by atoms with Crippen LogP contribution in [0.25, 0.3) is 52.2 Å². The molecule has 12 N–H and O–H groups in total. The average Bonchev–Trinajstić information content (AvgIpc) is 1.60. The number of phenolic OH excluding ortho intramolecular Hbond substituents is 1. The molecule has 0 unspecified atom stereocenters. The number of aldehydes is 1. The van der Waals surface area contributed by atoms with Crippen molar-refractivity contribution >= 4 is 81.9 Å². The number of carboxylic acid groups (broad SMARTS) is 5. The number of azide groups is 5. The van der Waals surface area contributed by atoms with Crippen LogP contribution in [0.2, 0.25) is 0 Å². The Labute approximate surface area is 594 Å². The van der Waals surface area contributed by atoms with Crippen LogP contribution >= 0.6 is 0 Å². The third-order valence-electron chi connectivity index (χ3n) is 12.9. The third-order valence-corrected chi connectivity index (χ3v) is 12.9. The number of hydrogen-bond acceptors (Lipinski definition) is 24. The van der Waals surface area contributed by atoms with Gasteiger partial charge < -0.3 is 57.0 Å². The summed E-state index contributed by atoms with van der Waals surface area (Å²) in [4.78, 5) is 107. The van der Waals surface area contributed by atoms with E-state index in [0.29, 0.717) is 24.8 Å². The quantitative estimate of drug-likeness (QED) is 0.00288. The molecule has 41 nitrogen and oxygen atoms in total. The van der Waals surface area contributed by atoms with Crippen molar-refractivity contribution in [1.82, 2.24) is 5.32 Å². The number of hydrogen-bond donors (Lipinski definition) is 11. The molecule has 0 fully saturated rings. The van der Waals surface area contributed by atoms with Crippen LogP contribution in [0.1, 0.15) is 96.5 Å². The second-order valence-electron chi connectivity index (χ2n) is 19.8. The Morgan fingerprint density at radius 3 is 1.31 bits per heavy atom. The number of Topliss-reactive ketones (excluding diaryl/α,β-unsaturated/α-hetero) is 1. The molecule has 51 heteroatoms. The lowest BCUT2D eigenvalue weighted by atomic mass is 9.99. The Hall–Kier alpha value is -15.7. The molecule has 2 aliphatic heterocycles. The van der Waals surface area contributed by atoms with Crippen molar-refractivity contribution in [2.45, 2.75) is 36.5 Å². The summed E-state index contributed by atoms with van der Waals surface area (Å²) in [6.45, 7) is 1.09. The predicted octanol–water partition coefficient (Wildman–Crippen LogP) is 15.5. The van der Waals surface area contributed by atoms with E-state index in [1.165, 1.54) is 60.7 Å². The molecule has 0 radical (unpaired) electrons. The summed E-state index contributed by atoms with van der Waals surface area (Å²) in [5.74, 6) is -19.5. The summed E-state index contributed by atoms with van der Waals surface area (Å²) < 4.78 is 127. The highest BCUT2D eigenvalue weighted by molar-refractivity contribution is 6.33. The van der Waals surface area contributed by atoms with Crippen molar-refractivity contribution in [2.75, 3.05) is 13.1 Å². The second kappa shape index (κ2) is 39.1. The fourth-order valence-electron chi connectivity index (χ4n) is 7.72. The van der Waals surface area contributed by atoms with Gasteiger partial charge in [-0.1, -0.05) is 80.2 Å². The van der Waals surface area contributed by atoms with E-state index in [1.807, 2.05) is 4.91 Å². The van der Waals surface area contributed by atoms with Gasteiger partial charge in [-0.25, -0.2) is 41.5 Å². The number of phenols is 4. The van der Waals surface area contributed by atoms with Crippen LogP contribution in [0.3, 0.4) is 0 Å². The van der Waals surface area contributed by atoms with Crippen LogP contribution in [-0.4, -0.2) is 124 Å². The van der Waals surface area contributed by atoms with Crippen LogP contribution in [-0.2, 0) is 16.1 Å². The fourth-order valence-corrected chi connectivity index (χ4v) is 7.72. The number of benzene rings is 7. The van der Waals surface area contributed by atoms with Crippen LogP contribution in [0.15, 0.2) is 161 Å². The Kier molecular flexibility index (Phi) is 31.4. The van der Waals surface area contributed by atoms with Crippen LogP contribution in [0, 0.1) is 33.4 Å². The summed E-state index contributed by atoms with van der Waals surface area (Å²) in [6.07, 6.45) is -7.64. The lowest BCUT2D eigenvalue weighted by Gasteiger charge is -2.16. The molecule has 2 aliphatic rings. The number of carbonyl (C=O) groups is 8. The molecule has 7 aromatic carbocycles. The van der Waals surface area contributed by atoms with Gasteiger partial charge in [0.05, 0.1) is 16.1 Å². The molecular weight excluding hydrogens is 1500 g/mol. The molecule has 0 saturated heterocycles. The van der Waals surface area contributed by atoms with Gasteiger partial charge in [-0.05, 0) is 102 Å². The Bertz CT molecular complexity index is 4970. The maximum absolute atomic E-state index is 12.9. The molecule has 0 aliphatic carbocycles. The molecule has 566 valence electrons. The number of rotatable bonds is 20. The van der Waals surface area contributed by atoms with E-state index in [0.717, 1.165) is 61.4 Å². The number of aromatic hydroxyl groups is 4. The first-order valence-electron chi connectivity index (χ1n) is 28.1. The number of nitro groups is 1. The Morgan fingerprint density at radius 2 is 0.927 bits per heavy atom. The zero-order valence-electron chi connectivity index (χ0n) is 53.3. The Morgan fingerprint density at radius 1 is 0.514 bits per heavy atom. The van der Waals surface area contributed by atoms with E-state index >= 15 is 0 Å². The maximum Gasteiger partial charge on any atom is 0.442 e. The van der Waals surface area contributed by atoms with Gasteiger partial charge in [0.25, 0.3) is 11.6 Å². The highest BCUT2D eigenvalue weighted by Gasteiger charge is 2.67. The van der Waals surface area contributed by atoms with Gasteiger partial charge >= 0.3 is 53.5 Å². The first-order valence-corrected chi connectivity index (χ1v) is 28.1. The number of carboxylic acids is 5. The normalized spacial score (nSPS) is 11.6. The molecule has 0 bridgehead atoms. The van der Waals surface area contributed by atoms with E-state index < -0.39 is 150 Å². The molecule has 9 rings (SSSR count). The molecule has 0 atom stereocenters. The standard InChI is InChI=1S/C11H15N5O2.2C9H5F3N2O3.C8H5N3O2.C7HF4N3O2.C7H4N4O4.C7H5N3O3/c12-5-1-2-6-14-11(18)9-4-3-8(15-16-13)7-10(9)17;10-9(11,12)8(13-14-8)4-1-2-5(7(16)17)6(15)3-4;10-9(11,12)8(13-14-8)5-3-1-2-4(6(5)15)7(16)17;9-11-10-7-3-1-6(2-4-7)8(13)5-12;8-2-1(7(15)16)3(9)5(11)6(4(2)10)13-14-12;8-10-9-4-1-2-6(11(14)15)5(3-4)7(12)13;8-10-9-4-1-2-5(7(12)13)6(11)3-4/h3-4,7,17H,1-2,5-6,12H2,(H,14,18);2*1-3,15H,(H,16,17);1-5H;(H,15,16);1-3H,(H,12,13);1-3,11H,(H,12,13). The number of para-hydroxylation sites is 1. The monoisotopic (exact) mass is 1540 g/mol. The molecule has 7 aromatic rings. The van der Waals surface area contributed by atoms with E-state index in [4.69, 9.17) is 64.0 Å². The summed E-state index contributed by atoms with van der Waals surface area (Å²) in [5.41, 5.74) is 34.7. The number of nitrogens with one attached hydrogen (secondary N) is 1. The van der Waals surface area contributed by atoms with Crippen molar-refractivity contribution in [3.05, 3.63) is 251 Å². The number of halogens is 10. The number of nitrogens with zero attached hydrogens (tertiary/aromatic N) is 20. The van der Waals surface area contributed by atoms with Gasteiger partial charge in [-0.15, -0.1) is 20.5 Å². The highest BCUT2D eigenvalue weighted by atomic mass is 19.4. The maximum atomic E-state index is 12.9. The summed E-state index contributed by atoms with van der Waals surface area (Å²) in [7, 11) is 0. The van der Waals surface area contributed by atoms with E-state index in [1.54, 1.807) is 0 Å². The first-order chi connectivity index (χ1) is 51.1. The molecule has 109 heavy (non-hydrogen) atoms. The fraction of sp³-hybridized carbons (Fsp3) is 0.138. The van der Waals surface area contributed by atoms with E-state index in [9.17, 15) is 108 Å². The number of unbranched alkanes of at least 4 members (excludes halogenated alkanes) is 1. The molecule has 0 aromatic heterocycles. The number of alkyl halides is 6. The number of aromatic carboxylic acids is 5. The van der Waals surface area contributed by atoms with Crippen LogP contribution in [0.5, 0.6) is 23.0 Å². The first kappa shape index (κ1) is 87.5. The van der Waals surface area contributed by atoms with Gasteiger partial charge in [0.15, 0.2) is 29.6 Å². The molecule has 0 saturated carbocycles. The number of nitrogens with two attached hydrogens (primary N) is 1. The molecular formula is C58H40F10N22O19. The van der Waals surface area contributed by atoms with Gasteiger partial charge in [0.1, 0.15) is 56.5 Å². The molecule has 1 amide bonds. The largest absolute Gasteiger partial charge is 0.507 e. The second-order valence-corrected chi connectivity index (χ2v) is 19.8. The van der Waals surface area contributed by atoms with Crippen molar-refractivity contribution in [2.24, 2.45) is 51.8 Å². The number of ketones is 1. The summed E-state index contributed by atoms with van der Waals surface area (Å²) in [5, 5.41) is 120. The lowest BCUT2D eigenvalue weighted by molar-refractivity contribution is -0.385. The third kappa shape index (κ3) is 23.4. The van der Waals surface area contributed by atoms with E-state index in [2.05, 4.69) is 71.0 Å². The minimum Gasteiger partial charge on any atom is -0.507 e. The SMILES string of the molecule is O=C(O)c1ccc(C2(C(F)(F)F)N=N2)cc1O.O=C(O)c1cccc(C2(C(F)(F)F)N=N2)c1O.[N-]=[N+]=Nc1c(F)c(F)c(C(=O)O)c(F)c1F.[N-]=[N+]=Nc1ccc(C(=O)C=O)cc1.[N-]=[N+]=Nc1ccc(C(=O)NCCCCN)c(O)c1.[N-]=[N+]=Nc1ccc(C(=O)O)c(O)c1.[N-]=[N+]=Nc1ccc([N+](=O)[O-])c(C(=O)O)c1. The number of carbonyl (C=O) groups excluding carboxylic acids is 3. The number of nitro benzene ring substituents is 1. The Balaban J connectivity index is 0.000000331. The highest BCUT2D eigenvalue weighted by Crippen LogP contribution is 2.55. The van der Waals surface area contributed by atoms with Gasteiger partial charge in [0, 0.05) is 71.0 Å². The van der Waals surface area contributed by atoms with Crippen molar-refractivity contribution in [1.29, 1.82) is 0 Å². The predicted molar refractivity (Wildman–Crippen MR) is 343 cm³/mol. The van der Waals surface area contributed by atoms with Crippen molar-refractivity contribution in [3.63, 3.8) is 0 Å². The zero-order chi connectivity index (χ0) is 82.5. The minimum atomic E-state index is -4.80. The molecule has 0 spiro atoms. The topological polar surface area (TPSA) is 693 Å². The van der Waals surface area contributed by atoms with Gasteiger partial charge in [-0.3, -0.25) is 24.5 Å². The van der Waals surface area contributed by atoms with Crippen LogP contribution in [0.4, 0.5) is 78.0 Å². The van der Waals surface area contributed by atoms with Crippen molar-refractivity contribution in [3.8, 4) is 23.0 Å². The lowest BCUT2D eigenvalue weighted by Crippen LogP contribution is -2.30. The van der Waals surface area contributed by atoms with Gasteiger partial charge in [0.2, 0.25) is 5.78 Å². The minimum absolute atomic E-state index is 0.0144. The number of amides is 1. The van der Waals surface area contributed by atoms with Crippen LogP contribution < -0.4 is 11.1 Å². The van der Waals surface area contributed by atoms with Gasteiger partial charge in [-0.2, -0.15) is 26.3 Å². The smallest absolute Gasteiger partial charge is 0.442 e. The van der Waals surface area contributed by atoms with Crippen molar-refractivity contribution < 1.29 is 133 Å². The van der Waals surface area contributed by atoms with E-state index in [-0.39, 0.29) is 51.7 Å².